The summed E-state index contributed by atoms with van der Waals surface area (Å²) in [4.78, 5) is 10.5. The van der Waals surface area contributed by atoms with Gasteiger partial charge in [-0.1, -0.05) is 19.9 Å². The Labute approximate surface area is 84.4 Å². The van der Waals surface area contributed by atoms with Crippen molar-refractivity contribution in [2.24, 2.45) is 0 Å². The van der Waals surface area contributed by atoms with E-state index < -0.39 is 5.97 Å². The predicted molar refractivity (Wildman–Crippen MR) is 58.2 cm³/mol. The molecule has 0 aromatic carbocycles. The molecule has 0 aliphatic heterocycles. The summed E-state index contributed by atoms with van der Waals surface area (Å²) in [7, 11) is 0. The second-order valence-electron chi connectivity index (χ2n) is 3.09. The maximum atomic E-state index is 10.5. The van der Waals surface area contributed by atoms with Gasteiger partial charge in [0.25, 0.3) is 0 Å². The van der Waals surface area contributed by atoms with E-state index in [0.717, 1.165) is 19.3 Å². The molecule has 0 saturated heterocycles. The Morgan fingerprint density at radius 1 is 1.54 bits per heavy atom. The van der Waals surface area contributed by atoms with E-state index in [0.29, 0.717) is 17.2 Å². The average Bonchev–Trinajstić information content (AvgIpc) is 2.11. The summed E-state index contributed by atoms with van der Waals surface area (Å²) in [5.74, 6) is -0.864. The summed E-state index contributed by atoms with van der Waals surface area (Å²) in [6.45, 7) is 5.66. The van der Waals surface area contributed by atoms with Crippen molar-refractivity contribution in [3.05, 3.63) is 12.2 Å². The van der Waals surface area contributed by atoms with Crippen molar-refractivity contribution in [2.75, 3.05) is 6.26 Å². The number of hydrogen-bond acceptors (Lipinski definition) is 2. The summed E-state index contributed by atoms with van der Waals surface area (Å²) in [5, 5.41) is 9.18. The van der Waals surface area contributed by atoms with Crippen LogP contribution in [-0.4, -0.2) is 22.6 Å². The molecule has 0 aromatic rings. The zero-order valence-electron chi connectivity index (χ0n) is 8.38. The number of hydrogen-bond donors (Lipinski definition) is 1. The summed E-state index contributed by atoms with van der Waals surface area (Å²) in [6, 6.07) is 0. The van der Waals surface area contributed by atoms with Crippen LogP contribution >= 0.6 is 11.8 Å². The van der Waals surface area contributed by atoms with Crippen molar-refractivity contribution in [1.82, 2.24) is 0 Å². The van der Waals surface area contributed by atoms with Crippen LogP contribution in [0.3, 0.4) is 0 Å². The first kappa shape index (κ1) is 12.6. The van der Waals surface area contributed by atoms with E-state index >= 15 is 0 Å². The third-order valence-electron chi connectivity index (χ3n) is 2.01. The van der Waals surface area contributed by atoms with Gasteiger partial charge in [0, 0.05) is 10.8 Å². The van der Waals surface area contributed by atoms with Gasteiger partial charge >= 0.3 is 5.97 Å². The second-order valence-corrected chi connectivity index (χ2v) is 4.23. The first-order valence-corrected chi connectivity index (χ1v) is 5.84. The van der Waals surface area contributed by atoms with Gasteiger partial charge < -0.3 is 5.11 Å². The van der Waals surface area contributed by atoms with Crippen LogP contribution in [0.25, 0.3) is 0 Å². The molecule has 0 bridgehead atoms. The largest absolute Gasteiger partial charge is 0.478 e. The van der Waals surface area contributed by atoms with Crippen molar-refractivity contribution in [3.8, 4) is 0 Å². The highest BCUT2D eigenvalue weighted by atomic mass is 32.2. The molecule has 2 nitrogen and oxygen atoms in total. The van der Waals surface area contributed by atoms with Crippen LogP contribution in [0.4, 0.5) is 0 Å². The monoisotopic (exact) mass is 202 g/mol. The molecule has 1 unspecified atom stereocenters. The summed E-state index contributed by atoms with van der Waals surface area (Å²) in [6.07, 6.45) is 5.93. The Bertz CT molecular complexity index is 178. The van der Waals surface area contributed by atoms with Crippen LogP contribution in [0, 0.1) is 0 Å². The SMILES string of the molecule is C=C(CCC(CCC)SC)C(=O)O. The second kappa shape index (κ2) is 7.01. The molecule has 76 valence electrons. The molecule has 0 saturated carbocycles. The third kappa shape index (κ3) is 5.75. The van der Waals surface area contributed by atoms with Crippen molar-refractivity contribution >= 4 is 17.7 Å². The minimum atomic E-state index is -0.864. The predicted octanol–water partition coefficient (Wildman–Crippen LogP) is 2.94. The van der Waals surface area contributed by atoms with Crippen LogP contribution in [0.5, 0.6) is 0 Å². The molecule has 0 rings (SSSR count). The van der Waals surface area contributed by atoms with E-state index in [4.69, 9.17) is 5.11 Å². The van der Waals surface area contributed by atoms with E-state index in [-0.39, 0.29) is 0 Å². The Balaban J connectivity index is 3.71. The first-order chi connectivity index (χ1) is 6.11. The molecule has 1 atom stereocenters. The van der Waals surface area contributed by atoms with E-state index in [1.54, 1.807) is 0 Å². The maximum Gasteiger partial charge on any atom is 0.330 e. The fourth-order valence-corrected chi connectivity index (χ4v) is 1.97. The zero-order valence-corrected chi connectivity index (χ0v) is 9.19. The fraction of sp³-hybridized carbons (Fsp3) is 0.700. The number of thioether (sulfide) groups is 1. The van der Waals surface area contributed by atoms with Gasteiger partial charge in [-0.25, -0.2) is 4.79 Å². The van der Waals surface area contributed by atoms with Gasteiger partial charge in [-0.15, -0.1) is 0 Å². The molecule has 0 aliphatic carbocycles. The molecule has 0 amide bonds. The molecular weight excluding hydrogens is 184 g/mol. The highest BCUT2D eigenvalue weighted by Crippen LogP contribution is 2.20. The minimum Gasteiger partial charge on any atom is -0.478 e. The maximum absolute atomic E-state index is 10.5. The molecule has 13 heavy (non-hydrogen) atoms. The van der Waals surface area contributed by atoms with Crippen molar-refractivity contribution in [1.29, 1.82) is 0 Å². The topological polar surface area (TPSA) is 37.3 Å². The zero-order chi connectivity index (χ0) is 10.3. The Hall–Kier alpha value is -0.440. The van der Waals surface area contributed by atoms with Crippen molar-refractivity contribution < 1.29 is 9.90 Å². The number of aliphatic carboxylic acids is 1. The van der Waals surface area contributed by atoms with Crippen molar-refractivity contribution in [3.63, 3.8) is 0 Å². The molecule has 1 N–H and O–H groups in total. The van der Waals surface area contributed by atoms with E-state index in [2.05, 4.69) is 19.8 Å². The quantitative estimate of drug-likeness (QED) is 0.645. The smallest absolute Gasteiger partial charge is 0.330 e. The van der Waals surface area contributed by atoms with Crippen LogP contribution < -0.4 is 0 Å². The van der Waals surface area contributed by atoms with Crippen LogP contribution in [0.15, 0.2) is 12.2 Å². The standard InChI is InChI=1S/C10H18O2S/c1-4-5-9(13-3)7-6-8(2)10(11)12/h9H,2,4-7H2,1,3H3,(H,11,12). The highest BCUT2D eigenvalue weighted by molar-refractivity contribution is 7.99. The van der Waals surface area contributed by atoms with Gasteiger partial charge in [0.05, 0.1) is 0 Å². The lowest BCUT2D eigenvalue weighted by Crippen LogP contribution is -2.05. The average molecular weight is 202 g/mol. The molecule has 0 aliphatic rings. The van der Waals surface area contributed by atoms with Gasteiger partial charge in [0.1, 0.15) is 0 Å². The van der Waals surface area contributed by atoms with Gasteiger partial charge in [-0.05, 0) is 25.5 Å². The Kier molecular flexibility index (Phi) is 6.77. The van der Waals surface area contributed by atoms with Gasteiger partial charge in [-0.3, -0.25) is 0 Å². The number of rotatable bonds is 7. The van der Waals surface area contributed by atoms with Gasteiger partial charge in [0.2, 0.25) is 0 Å². The molecule has 0 aromatic heterocycles. The lowest BCUT2D eigenvalue weighted by Gasteiger charge is -2.12. The van der Waals surface area contributed by atoms with Crippen LogP contribution in [0.2, 0.25) is 0 Å². The summed E-state index contributed by atoms with van der Waals surface area (Å²) < 4.78 is 0. The van der Waals surface area contributed by atoms with Crippen LogP contribution in [-0.2, 0) is 4.79 Å². The normalized spacial score (nSPS) is 12.5. The molecule has 3 heteroatoms. The number of carbonyl (C=O) groups is 1. The third-order valence-corrected chi connectivity index (χ3v) is 3.15. The van der Waals surface area contributed by atoms with Crippen LogP contribution in [0.1, 0.15) is 32.6 Å². The lowest BCUT2D eigenvalue weighted by atomic mass is 10.1. The first-order valence-electron chi connectivity index (χ1n) is 4.55. The van der Waals surface area contributed by atoms with E-state index in [9.17, 15) is 4.79 Å². The van der Waals surface area contributed by atoms with E-state index in [1.165, 1.54) is 0 Å². The molecule has 0 spiro atoms. The fourth-order valence-electron chi connectivity index (χ4n) is 1.14. The molecule has 0 heterocycles. The molecule has 0 fully saturated rings. The molecular formula is C10H18O2S. The van der Waals surface area contributed by atoms with Gasteiger partial charge in [0.15, 0.2) is 0 Å². The lowest BCUT2D eigenvalue weighted by molar-refractivity contribution is -0.132. The summed E-state index contributed by atoms with van der Waals surface area (Å²) >= 11 is 1.81. The highest BCUT2D eigenvalue weighted by Gasteiger charge is 2.09. The molecule has 0 radical (unpaired) electrons. The minimum absolute atomic E-state index is 0.329. The Morgan fingerprint density at radius 3 is 2.54 bits per heavy atom. The van der Waals surface area contributed by atoms with Gasteiger partial charge in [-0.2, -0.15) is 11.8 Å². The van der Waals surface area contributed by atoms with E-state index in [1.807, 2.05) is 11.8 Å². The Morgan fingerprint density at radius 2 is 2.15 bits per heavy atom. The van der Waals surface area contributed by atoms with Crippen molar-refractivity contribution in [2.45, 2.75) is 37.9 Å². The summed E-state index contributed by atoms with van der Waals surface area (Å²) in [5.41, 5.74) is 0.329. The number of carboxylic acids is 1. The number of carboxylic acid groups (broad SMARTS) is 1.